The molecule has 1 aliphatic heterocycles. The third-order valence-corrected chi connectivity index (χ3v) is 4.62. The third kappa shape index (κ3) is 7.80. The number of rotatable bonds is 6. The maximum absolute atomic E-state index is 4.75. The van der Waals surface area contributed by atoms with Crippen LogP contribution in [-0.4, -0.2) is 33.3 Å². The predicted octanol–water partition coefficient (Wildman–Crippen LogP) is 3.89. The summed E-state index contributed by atoms with van der Waals surface area (Å²) in [4.78, 5) is 4.75. The first-order valence-corrected chi connectivity index (χ1v) is 9.85. The minimum Gasteiger partial charge on any atom is -0.357 e. The Bertz CT molecular complexity index is 561. The summed E-state index contributed by atoms with van der Waals surface area (Å²) < 4.78 is 2.27. The molecule has 1 aromatic heterocycles. The highest BCUT2D eigenvalue weighted by Gasteiger charge is 2.15. The van der Waals surface area contributed by atoms with Crippen LogP contribution in [0.1, 0.15) is 78.4 Å². The Morgan fingerprint density at radius 2 is 2.00 bits per heavy atom. The smallest absolute Gasteiger partial charge is 0.191 e. The summed E-state index contributed by atoms with van der Waals surface area (Å²) in [5.41, 5.74) is 0.366. The van der Waals surface area contributed by atoms with Crippen molar-refractivity contribution in [2.24, 2.45) is 10.4 Å². The predicted molar refractivity (Wildman–Crippen MR) is 119 cm³/mol. The van der Waals surface area contributed by atoms with E-state index in [4.69, 9.17) is 4.99 Å². The first-order valence-electron chi connectivity index (χ1n) is 9.85. The SMILES string of the molecule is CCNC(=NCc1nnc2n1CCCCC2)NC(C)CCC(C)(C)C.I. The fourth-order valence-electron chi connectivity index (χ4n) is 3.09. The van der Waals surface area contributed by atoms with Crippen LogP contribution in [0.3, 0.4) is 0 Å². The van der Waals surface area contributed by atoms with Crippen LogP contribution in [0.2, 0.25) is 0 Å². The number of hydrogen-bond acceptors (Lipinski definition) is 3. The lowest BCUT2D eigenvalue weighted by Gasteiger charge is -2.23. The summed E-state index contributed by atoms with van der Waals surface area (Å²) in [5, 5.41) is 15.6. The van der Waals surface area contributed by atoms with Crippen molar-refractivity contribution in [2.45, 2.75) is 92.3 Å². The molecule has 2 rings (SSSR count). The summed E-state index contributed by atoms with van der Waals surface area (Å²) in [6.45, 7) is 13.6. The van der Waals surface area contributed by atoms with E-state index in [1.54, 1.807) is 0 Å². The van der Waals surface area contributed by atoms with Gasteiger partial charge in [-0.05, 0) is 44.9 Å². The molecule has 0 saturated carbocycles. The maximum atomic E-state index is 4.75. The molecule has 0 radical (unpaired) electrons. The van der Waals surface area contributed by atoms with Crippen LogP contribution in [0.4, 0.5) is 0 Å². The van der Waals surface area contributed by atoms with Gasteiger partial charge in [0, 0.05) is 25.6 Å². The molecule has 2 N–H and O–H groups in total. The maximum Gasteiger partial charge on any atom is 0.191 e. The number of aromatic nitrogens is 3. The molecule has 1 atom stereocenters. The molecule has 1 unspecified atom stereocenters. The molecular formula is C19H37IN6. The quantitative estimate of drug-likeness (QED) is 0.372. The molecule has 6 nitrogen and oxygen atoms in total. The number of halogens is 1. The molecular weight excluding hydrogens is 439 g/mol. The monoisotopic (exact) mass is 476 g/mol. The molecule has 0 amide bonds. The van der Waals surface area contributed by atoms with Gasteiger partial charge in [-0.2, -0.15) is 0 Å². The van der Waals surface area contributed by atoms with E-state index < -0.39 is 0 Å². The molecule has 26 heavy (non-hydrogen) atoms. The van der Waals surface area contributed by atoms with Crippen molar-refractivity contribution >= 4 is 29.9 Å². The zero-order valence-corrected chi connectivity index (χ0v) is 19.5. The standard InChI is InChI=1S/C19H36N6.HI/c1-6-20-18(22-15(2)11-12-19(3,4)5)21-14-17-24-23-16-10-8-7-9-13-25(16)17;/h15H,6-14H2,1-5H3,(H2,20,21,22);1H. The molecule has 1 aromatic rings. The first-order chi connectivity index (χ1) is 11.9. The minimum absolute atomic E-state index is 0. The lowest BCUT2D eigenvalue weighted by atomic mass is 9.89. The van der Waals surface area contributed by atoms with E-state index in [1.165, 1.54) is 25.7 Å². The van der Waals surface area contributed by atoms with E-state index in [9.17, 15) is 0 Å². The van der Waals surface area contributed by atoms with Crippen LogP contribution in [-0.2, 0) is 19.5 Å². The van der Waals surface area contributed by atoms with E-state index in [2.05, 4.69) is 60.0 Å². The summed E-state index contributed by atoms with van der Waals surface area (Å²) in [5.74, 6) is 2.98. The number of hydrogen-bond donors (Lipinski definition) is 2. The molecule has 0 spiro atoms. The largest absolute Gasteiger partial charge is 0.357 e. The Hall–Kier alpha value is -0.860. The normalized spacial score (nSPS) is 16.3. The number of fused-ring (bicyclic) bond motifs is 1. The van der Waals surface area contributed by atoms with Gasteiger partial charge in [0.25, 0.3) is 0 Å². The van der Waals surface area contributed by atoms with Gasteiger partial charge in [0.2, 0.25) is 0 Å². The van der Waals surface area contributed by atoms with Gasteiger partial charge in [-0.15, -0.1) is 34.2 Å². The molecule has 0 bridgehead atoms. The fraction of sp³-hybridized carbons (Fsp3) is 0.842. The number of nitrogens with one attached hydrogen (secondary N) is 2. The highest BCUT2D eigenvalue weighted by molar-refractivity contribution is 14.0. The van der Waals surface area contributed by atoms with Crippen molar-refractivity contribution in [2.75, 3.05) is 6.54 Å². The van der Waals surface area contributed by atoms with Crippen LogP contribution in [0.15, 0.2) is 4.99 Å². The van der Waals surface area contributed by atoms with Crippen molar-refractivity contribution in [1.29, 1.82) is 0 Å². The van der Waals surface area contributed by atoms with Crippen molar-refractivity contribution in [3.8, 4) is 0 Å². The molecule has 7 heteroatoms. The van der Waals surface area contributed by atoms with Crippen molar-refractivity contribution in [1.82, 2.24) is 25.4 Å². The highest BCUT2D eigenvalue weighted by Crippen LogP contribution is 2.21. The Labute approximate surface area is 176 Å². The van der Waals surface area contributed by atoms with Crippen molar-refractivity contribution in [3.05, 3.63) is 11.6 Å². The lowest BCUT2D eigenvalue weighted by Crippen LogP contribution is -2.42. The van der Waals surface area contributed by atoms with Gasteiger partial charge in [-0.1, -0.05) is 27.2 Å². The summed E-state index contributed by atoms with van der Waals surface area (Å²) in [6, 6.07) is 0.396. The second kappa shape index (κ2) is 11.1. The Kier molecular flexibility index (Phi) is 9.89. The topological polar surface area (TPSA) is 67.1 Å². The average Bonchev–Trinajstić information content (AvgIpc) is 2.77. The fourth-order valence-corrected chi connectivity index (χ4v) is 3.09. The van der Waals surface area contributed by atoms with E-state index in [0.29, 0.717) is 18.0 Å². The lowest BCUT2D eigenvalue weighted by molar-refractivity contribution is 0.346. The third-order valence-electron chi connectivity index (χ3n) is 4.62. The summed E-state index contributed by atoms with van der Waals surface area (Å²) >= 11 is 0. The summed E-state index contributed by atoms with van der Waals surface area (Å²) in [7, 11) is 0. The van der Waals surface area contributed by atoms with Gasteiger partial charge in [-0.25, -0.2) is 4.99 Å². The van der Waals surface area contributed by atoms with Gasteiger partial charge < -0.3 is 15.2 Å². The van der Waals surface area contributed by atoms with Gasteiger partial charge in [-0.3, -0.25) is 0 Å². The molecule has 0 aromatic carbocycles. The van der Waals surface area contributed by atoms with Crippen LogP contribution in [0, 0.1) is 5.41 Å². The zero-order chi connectivity index (χ0) is 18.3. The first kappa shape index (κ1) is 23.2. The van der Waals surface area contributed by atoms with Crippen molar-refractivity contribution < 1.29 is 0 Å². The zero-order valence-electron chi connectivity index (χ0n) is 17.1. The average molecular weight is 476 g/mol. The van der Waals surface area contributed by atoms with Crippen LogP contribution < -0.4 is 10.6 Å². The number of aryl methyl sites for hydroxylation is 1. The van der Waals surface area contributed by atoms with Crippen LogP contribution in [0.5, 0.6) is 0 Å². The van der Waals surface area contributed by atoms with Gasteiger partial charge in [0.1, 0.15) is 12.4 Å². The van der Waals surface area contributed by atoms with Crippen LogP contribution >= 0.6 is 24.0 Å². The second-order valence-electron chi connectivity index (χ2n) is 8.33. The summed E-state index contributed by atoms with van der Waals surface area (Å²) in [6.07, 6.45) is 7.08. The molecule has 1 aliphatic rings. The Balaban J connectivity index is 0.00000338. The number of nitrogens with zero attached hydrogens (tertiary/aromatic N) is 4. The van der Waals surface area contributed by atoms with E-state index in [1.807, 2.05) is 0 Å². The molecule has 0 fully saturated rings. The molecule has 150 valence electrons. The van der Waals surface area contributed by atoms with E-state index in [-0.39, 0.29) is 24.0 Å². The Morgan fingerprint density at radius 3 is 2.69 bits per heavy atom. The molecule has 0 aliphatic carbocycles. The molecule has 2 heterocycles. The number of guanidine groups is 1. The Morgan fingerprint density at radius 1 is 1.23 bits per heavy atom. The highest BCUT2D eigenvalue weighted by atomic mass is 127. The number of aliphatic imine (C=N–C) groups is 1. The second-order valence-corrected chi connectivity index (χ2v) is 8.33. The minimum atomic E-state index is 0. The molecule has 0 saturated heterocycles. The van der Waals surface area contributed by atoms with E-state index in [0.717, 1.165) is 43.5 Å². The van der Waals surface area contributed by atoms with Crippen molar-refractivity contribution in [3.63, 3.8) is 0 Å². The van der Waals surface area contributed by atoms with Gasteiger partial charge in [0.05, 0.1) is 0 Å². The van der Waals surface area contributed by atoms with Gasteiger partial charge >= 0.3 is 0 Å². The van der Waals surface area contributed by atoms with Crippen LogP contribution in [0.25, 0.3) is 0 Å². The van der Waals surface area contributed by atoms with Gasteiger partial charge in [0.15, 0.2) is 11.8 Å². The van der Waals surface area contributed by atoms with E-state index >= 15 is 0 Å².